The van der Waals surface area contributed by atoms with Crippen molar-refractivity contribution in [2.24, 2.45) is 5.92 Å². The van der Waals surface area contributed by atoms with E-state index < -0.39 is 0 Å². The lowest BCUT2D eigenvalue weighted by Gasteiger charge is -2.22. The van der Waals surface area contributed by atoms with Crippen LogP contribution in [0.2, 0.25) is 0 Å². The maximum Gasteiger partial charge on any atom is 0.115 e. The summed E-state index contributed by atoms with van der Waals surface area (Å²) in [5.74, 6) is 0.978. The van der Waals surface area contributed by atoms with Gasteiger partial charge in [0.05, 0.1) is 6.61 Å². The van der Waals surface area contributed by atoms with Crippen molar-refractivity contribution in [3.63, 3.8) is 0 Å². The third kappa shape index (κ3) is 3.51. The molecule has 3 nitrogen and oxygen atoms in total. The van der Waals surface area contributed by atoms with Crippen LogP contribution in [0, 0.1) is 5.92 Å². The standard InChI is InChI=1S/C13H19NO2/c15-13-5-1-3-11(7-13)8-14-9-12-4-2-6-16-10-12/h1,3,5,7,12,14-15H,2,4,6,8-10H2. The number of hydrogen-bond donors (Lipinski definition) is 2. The molecule has 1 aliphatic rings. The van der Waals surface area contributed by atoms with Crippen LogP contribution in [-0.4, -0.2) is 24.9 Å². The molecule has 1 aromatic rings. The smallest absolute Gasteiger partial charge is 0.115 e. The van der Waals surface area contributed by atoms with Gasteiger partial charge in [-0.25, -0.2) is 0 Å². The monoisotopic (exact) mass is 221 g/mol. The fourth-order valence-corrected chi connectivity index (χ4v) is 2.06. The molecule has 0 aliphatic carbocycles. The maximum absolute atomic E-state index is 9.31. The van der Waals surface area contributed by atoms with Gasteiger partial charge >= 0.3 is 0 Å². The lowest BCUT2D eigenvalue weighted by molar-refractivity contribution is 0.0547. The van der Waals surface area contributed by atoms with E-state index in [0.717, 1.165) is 31.9 Å². The number of hydrogen-bond acceptors (Lipinski definition) is 3. The molecule has 2 N–H and O–H groups in total. The quantitative estimate of drug-likeness (QED) is 0.816. The lowest BCUT2D eigenvalue weighted by atomic mass is 10.0. The summed E-state index contributed by atoms with van der Waals surface area (Å²) >= 11 is 0. The molecule has 0 saturated carbocycles. The van der Waals surface area contributed by atoms with E-state index in [1.54, 1.807) is 12.1 Å². The van der Waals surface area contributed by atoms with Gasteiger partial charge < -0.3 is 15.2 Å². The summed E-state index contributed by atoms with van der Waals surface area (Å²) in [6.07, 6.45) is 2.44. The average molecular weight is 221 g/mol. The zero-order valence-electron chi connectivity index (χ0n) is 9.48. The van der Waals surface area contributed by atoms with Gasteiger partial charge in [-0.05, 0) is 36.5 Å². The number of phenols is 1. The minimum atomic E-state index is 0.334. The first-order valence-corrected chi connectivity index (χ1v) is 5.91. The molecule has 1 heterocycles. The Balaban J connectivity index is 1.71. The van der Waals surface area contributed by atoms with Crippen LogP contribution in [0.15, 0.2) is 24.3 Å². The van der Waals surface area contributed by atoms with Crippen molar-refractivity contribution in [1.82, 2.24) is 5.32 Å². The van der Waals surface area contributed by atoms with E-state index in [0.29, 0.717) is 11.7 Å². The zero-order valence-corrected chi connectivity index (χ0v) is 9.48. The van der Waals surface area contributed by atoms with E-state index >= 15 is 0 Å². The molecule has 0 aromatic heterocycles. The molecule has 1 saturated heterocycles. The number of benzene rings is 1. The number of aromatic hydroxyl groups is 1. The summed E-state index contributed by atoms with van der Waals surface area (Å²) < 4.78 is 5.42. The molecule has 2 rings (SSSR count). The normalized spacial score (nSPS) is 20.9. The zero-order chi connectivity index (χ0) is 11.2. The van der Waals surface area contributed by atoms with Gasteiger partial charge in [-0.2, -0.15) is 0 Å². The van der Waals surface area contributed by atoms with Gasteiger partial charge in [-0.15, -0.1) is 0 Å². The molecule has 1 unspecified atom stereocenters. The molecule has 1 aromatic carbocycles. The minimum absolute atomic E-state index is 0.334. The molecule has 88 valence electrons. The van der Waals surface area contributed by atoms with Gasteiger partial charge in [0.1, 0.15) is 5.75 Å². The molecule has 1 atom stereocenters. The Morgan fingerprint density at radius 3 is 3.12 bits per heavy atom. The van der Waals surface area contributed by atoms with Crippen LogP contribution in [0.4, 0.5) is 0 Å². The van der Waals surface area contributed by atoms with Crippen molar-refractivity contribution < 1.29 is 9.84 Å². The van der Waals surface area contributed by atoms with Crippen LogP contribution in [0.1, 0.15) is 18.4 Å². The molecular weight excluding hydrogens is 202 g/mol. The Morgan fingerprint density at radius 1 is 1.44 bits per heavy atom. The number of ether oxygens (including phenoxy) is 1. The first-order chi connectivity index (χ1) is 7.84. The first-order valence-electron chi connectivity index (χ1n) is 5.91. The van der Waals surface area contributed by atoms with Crippen molar-refractivity contribution in [2.75, 3.05) is 19.8 Å². The van der Waals surface area contributed by atoms with Crippen LogP contribution in [-0.2, 0) is 11.3 Å². The lowest BCUT2D eigenvalue weighted by Crippen LogP contribution is -2.28. The van der Waals surface area contributed by atoms with Crippen molar-refractivity contribution in [2.45, 2.75) is 19.4 Å². The summed E-state index contributed by atoms with van der Waals surface area (Å²) in [5.41, 5.74) is 1.12. The molecule has 0 spiro atoms. The van der Waals surface area contributed by atoms with Gasteiger partial charge in [-0.1, -0.05) is 12.1 Å². The van der Waals surface area contributed by atoms with E-state index in [-0.39, 0.29) is 0 Å². The van der Waals surface area contributed by atoms with E-state index in [9.17, 15) is 5.11 Å². The third-order valence-corrected chi connectivity index (χ3v) is 2.93. The summed E-state index contributed by atoms with van der Waals surface area (Å²) in [6, 6.07) is 7.38. The first kappa shape index (κ1) is 11.4. The summed E-state index contributed by atoms with van der Waals surface area (Å²) in [4.78, 5) is 0. The highest BCUT2D eigenvalue weighted by atomic mass is 16.5. The highest BCUT2D eigenvalue weighted by molar-refractivity contribution is 5.26. The van der Waals surface area contributed by atoms with E-state index in [2.05, 4.69) is 5.32 Å². The largest absolute Gasteiger partial charge is 0.508 e. The molecule has 0 bridgehead atoms. The maximum atomic E-state index is 9.31. The predicted octanol–water partition coefficient (Wildman–Crippen LogP) is 1.91. The molecule has 1 aliphatic heterocycles. The average Bonchev–Trinajstić information content (AvgIpc) is 2.30. The van der Waals surface area contributed by atoms with Crippen LogP contribution in [0.5, 0.6) is 5.75 Å². The van der Waals surface area contributed by atoms with Gasteiger partial charge in [0.2, 0.25) is 0 Å². The predicted molar refractivity (Wildman–Crippen MR) is 63.4 cm³/mol. The highest BCUT2D eigenvalue weighted by Gasteiger charge is 2.12. The van der Waals surface area contributed by atoms with Crippen molar-refractivity contribution in [1.29, 1.82) is 0 Å². The molecule has 3 heteroatoms. The molecule has 1 fully saturated rings. The minimum Gasteiger partial charge on any atom is -0.508 e. The molecule has 16 heavy (non-hydrogen) atoms. The van der Waals surface area contributed by atoms with Crippen molar-refractivity contribution in [3.8, 4) is 5.75 Å². The molecular formula is C13H19NO2. The second-order valence-corrected chi connectivity index (χ2v) is 4.38. The summed E-state index contributed by atoms with van der Waals surface area (Å²) in [7, 11) is 0. The topological polar surface area (TPSA) is 41.5 Å². The Hall–Kier alpha value is -1.06. The van der Waals surface area contributed by atoms with Gasteiger partial charge in [0, 0.05) is 19.7 Å². The van der Waals surface area contributed by atoms with E-state index in [1.807, 2.05) is 12.1 Å². The van der Waals surface area contributed by atoms with Gasteiger partial charge in [0.25, 0.3) is 0 Å². The Bertz CT molecular complexity index is 321. The van der Waals surface area contributed by atoms with Crippen molar-refractivity contribution >= 4 is 0 Å². The third-order valence-electron chi connectivity index (χ3n) is 2.93. The fraction of sp³-hybridized carbons (Fsp3) is 0.538. The van der Waals surface area contributed by atoms with Crippen LogP contribution < -0.4 is 5.32 Å². The number of rotatable bonds is 4. The van der Waals surface area contributed by atoms with Gasteiger partial charge in [-0.3, -0.25) is 0 Å². The highest BCUT2D eigenvalue weighted by Crippen LogP contribution is 2.13. The van der Waals surface area contributed by atoms with Crippen LogP contribution in [0.25, 0.3) is 0 Å². The fourth-order valence-electron chi connectivity index (χ4n) is 2.06. The van der Waals surface area contributed by atoms with Crippen molar-refractivity contribution in [3.05, 3.63) is 29.8 Å². The molecule has 0 amide bonds. The van der Waals surface area contributed by atoms with Crippen LogP contribution in [0.3, 0.4) is 0 Å². The number of nitrogens with one attached hydrogen (secondary N) is 1. The van der Waals surface area contributed by atoms with Crippen LogP contribution >= 0.6 is 0 Å². The Kier molecular flexibility index (Phi) is 4.19. The van der Waals surface area contributed by atoms with Gasteiger partial charge in [0.15, 0.2) is 0 Å². The second-order valence-electron chi connectivity index (χ2n) is 4.38. The van der Waals surface area contributed by atoms with E-state index in [4.69, 9.17) is 4.74 Å². The Labute approximate surface area is 96.4 Å². The SMILES string of the molecule is Oc1cccc(CNCC2CCCOC2)c1. The summed E-state index contributed by atoms with van der Waals surface area (Å²) in [5, 5.41) is 12.7. The van der Waals surface area contributed by atoms with E-state index in [1.165, 1.54) is 12.8 Å². The summed E-state index contributed by atoms with van der Waals surface area (Å²) in [6.45, 7) is 3.61. The molecule has 0 radical (unpaired) electrons. The Morgan fingerprint density at radius 2 is 2.38 bits per heavy atom. The second kappa shape index (κ2) is 5.87. The number of phenolic OH excluding ortho intramolecular Hbond substituents is 1.